The standard InChI is InChI=1S/C24H22FNO5/c1-14-2-11-19-20(12-14)23(29)26(22(19)28)18-9-5-16(6-10-18)24(30)31-13-21(27)15-3-7-17(25)8-4-15/h3-10,14,19-20H,2,11-13H2,1H3. The first-order chi connectivity index (χ1) is 14.8. The Kier molecular flexibility index (Phi) is 5.67. The van der Waals surface area contributed by atoms with Gasteiger partial charge in [0, 0.05) is 5.56 Å². The molecule has 7 heteroatoms. The topological polar surface area (TPSA) is 80.8 Å². The van der Waals surface area contributed by atoms with E-state index >= 15 is 0 Å². The Balaban J connectivity index is 1.40. The van der Waals surface area contributed by atoms with E-state index < -0.39 is 24.2 Å². The highest BCUT2D eigenvalue weighted by molar-refractivity contribution is 6.22. The summed E-state index contributed by atoms with van der Waals surface area (Å²) < 4.78 is 18.0. The van der Waals surface area contributed by atoms with Crippen LogP contribution in [0.3, 0.4) is 0 Å². The van der Waals surface area contributed by atoms with E-state index in [2.05, 4.69) is 6.92 Å². The number of benzene rings is 2. The average molecular weight is 423 g/mol. The van der Waals surface area contributed by atoms with Crippen molar-refractivity contribution in [2.75, 3.05) is 11.5 Å². The van der Waals surface area contributed by atoms with Gasteiger partial charge in [0.25, 0.3) is 0 Å². The van der Waals surface area contributed by atoms with E-state index in [0.717, 1.165) is 31.4 Å². The molecule has 0 N–H and O–H groups in total. The summed E-state index contributed by atoms with van der Waals surface area (Å²) in [6, 6.07) is 11.0. The van der Waals surface area contributed by atoms with Crippen LogP contribution in [0.5, 0.6) is 0 Å². The predicted molar refractivity (Wildman–Crippen MR) is 110 cm³/mol. The Hall–Kier alpha value is -3.35. The summed E-state index contributed by atoms with van der Waals surface area (Å²) >= 11 is 0. The maximum absolute atomic E-state index is 12.9. The van der Waals surface area contributed by atoms with Crippen molar-refractivity contribution in [1.29, 1.82) is 0 Å². The maximum Gasteiger partial charge on any atom is 0.338 e. The van der Waals surface area contributed by atoms with Crippen LogP contribution in [0.1, 0.15) is 46.9 Å². The number of halogens is 1. The lowest BCUT2D eigenvalue weighted by atomic mass is 9.76. The summed E-state index contributed by atoms with van der Waals surface area (Å²) in [5.41, 5.74) is 0.864. The van der Waals surface area contributed by atoms with Gasteiger partial charge in [-0.3, -0.25) is 19.3 Å². The van der Waals surface area contributed by atoms with E-state index in [1.54, 1.807) is 0 Å². The van der Waals surface area contributed by atoms with E-state index in [1.165, 1.54) is 41.3 Å². The molecule has 6 nitrogen and oxygen atoms in total. The molecule has 2 aromatic carbocycles. The number of carbonyl (C=O) groups excluding carboxylic acids is 4. The first-order valence-electron chi connectivity index (χ1n) is 10.3. The zero-order valence-corrected chi connectivity index (χ0v) is 17.0. The van der Waals surface area contributed by atoms with Crippen molar-refractivity contribution in [3.05, 3.63) is 65.5 Å². The van der Waals surface area contributed by atoms with Crippen LogP contribution in [0, 0.1) is 23.6 Å². The third-order valence-electron chi connectivity index (χ3n) is 6.05. The minimum absolute atomic E-state index is 0.179. The minimum Gasteiger partial charge on any atom is -0.454 e. The van der Waals surface area contributed by atoms with Crippen LogP contribution in [0.25, 0.3) is 0 Å². The number of amides is 2. The predicted octanol–water partition coefficient (Wildman–Crippen LogP) is 3.79. The minimum atomic E-state index is -0.705. The number of ketones is 1. The molecule has 3 unspecified atom stereocenters. The molecule has 2 fully saturated rings. The fraction of sp³-hybridized carbons (Fsp3) is 0.333. The van der Waals surface area contributed by atoms with Gasteiger partial charge in [0.15, 0.2) is 12.4 Å². The molecule has 4 rings (SSSR count). The van der Waals surface area contributed by atoms with Gasteiger partial charge in [0.1, 0.15) is 5.82 Å². The quantitative estimate of drug-likeness (QED) is 0.415. The molecule has 0 aromatic heterocycles. The lowest BCUT2D eigenvalue weighted by Crippen LogP contribution is -2.30. The highest BCUT2D eigenvalue weighted by Crippen LogP contribution is 2.42. The molecular formula is C24H22FNO5. The van der Waals surface area contributed by atoms with Gasteiger partial charge in [-0.1, -0.05) is 6.92 Å². The normalized spacial score (nSPS) is 22.9. The average Bonchev–Trinajstić information content (AvgIpc) is 3.02. The summed E-state index contributed by atoms with van der Waals surface area (Å²) in [7, 11) is 0. The summed E-state index contributed by atoms with van der Waals surface area (Å²) in [6.45, 7) is 1.62. The number of Topliss-reactive ketones (excluding diaryl/α,β-unsaturated/α-hetero) is 1. The number of carbonyl (C=O) groups is 4. The number of anilines is 1. The molecule has 1 aliphatic heterocycles. The van der Waals surface area contributed by atoms with Crippen LogP contribution >= 0.6 is 0 Å². The SMILES string of the molecule is CC1CCC2C(=O)N(c3ccc(C(=O)OCC(=O)c4ccc(F)cc4)cc3)C(=O)C2C1. The monoisotopic (exact) mass is 423 g/mol. The number of hydrogen-bond acceptors (Lipinski definition) is 5. The molecular weight excluding hydrogens is 401 g/mol. The Morgan fingerprint density at radius 3 is 2.23 bits per heavy atom. The summed E-state index contributed by atoms with van der Waals surface area (Å²) in [4.78, 5) is 51.1. The summed E-state index contributed by atoms with van der Waals surface area (Å²) in [6.07, 6.45) is 2.38. The highest BCUT2D eigenvalue weighted by Gasteiger charge is 2.49. The van der Waals surface area contributed by atoms with Crippen molar-refractivity contribution < 1.29 is 28.3 Å². The molecule has 0 radical (unpaired) electrons. The van der Waals surface area contributed by atoms with Crippen molar-refractivity contribution in [3.63, 3.8) is 0 Å². The summed E-state index contributed by atoms with van der Waals surface area (Å²) in [5.74, 6) is -2.07. The van der Waals surface area contributed by atoms with Crippen LogP contribution in [0.2, 0.25) is 0 Å². The number of nitrogens with zero attached hydrogens (tertiary/aromatic N) is 1. The fourth-order valence-corrected chi connectivity index (χ4v) is 4.32. The van der Waals surface area contributed by atoms with E-state index in [4.69, 9.17) is 4.74 Å². The lowest BCUT2D eigenvalue weighted by molar-refractivity contribution is -0.122. The maximum atomic E-state index is 12.9. The Bertz CT molecular complexity index is 1030. The van der Waals surface area contributed by atoms with Crippen molar-refractivity contribution in [3.8, 4) is 0 Å². The molecule has 3 atom stereocenters. The van der Waals surface area contributed by atoms with Gasteiger partial charge in [-0.2, -0.15) is 0 Å². The zero-order valence-electron chi connectivity index (χ0n) is 17.0. The van der Waals surface area contributed by atoms with E-state index in [0.29, 0.717) is 11.6 Å². The van der Waals surface area contributed by atoms with Crippen LogP contribution in [-0.4, -0.2) is 30.2 Å². The van der Waals surface area contributed by atoms with Crippen LogP contribution in [0.15, 0.2) is 48.5 Å². The number of imide groups is 1. The Labute approximate surface area is 179 Å². The summed E-state index contributed by atoms with van der Waals surface area (Å²) in [5, 5.41) is 0. The Morgan fingerprint density at radius 1 is 0.935 bits per heavy atom. The molecule has 2 aliphatic rings. The first-order valence-corrected chi connectivity index (χ1v) is 10.3. The smallest absolute Gasteiger partial charge is 0.338 e. The molecule has 31 heavy (non-hydrogen) atoms. The van der Waals surface area contributed by atoms with Gasteiger partial charge in [0.2, 0.25) is 11.8 Å². The molecule has 2 aromatic rings. The number of fused-ring (bicyclic) bond motifs is 1. The largest absolute Gasteiger partial charge is 0.454 e. The number of hydrogen-bond donors (Lipinski definition) is 0. The van der Waals surface area contributed by atoms with Gasteiger partial charge < -0.3 is 4.74 Å². The van der Waals surface area contributed by atoms with E-state index in [1.807, 2.05) is 0 Å². The van der Waals surface area contributed by atoms with Gasteiger partial charge in [-0.15, -0.1) is 0 Å². The number of rotatable bonds is 5. The van der Waals surface area contributed by atoms with Crippen LogP contribution in [0.4, 0.5) is 10.1 Å². The third kappa shape index (κ3) is 4.13. The zero-order chi connectivity index (χ0) is 22.1. The number of ether oxygens (including phenoxy) is 1. The highest BCUT2D eigenvalue weighted by atomic mass is 19.1. The van der Waals surface area contributed by atoms with Crippen LogP contribution in [-0.2, 0) is 14.3 Å². The van der Waals surface area contributed by atoms with Gasteiger partial charge in [-0.05, 0) is 73.7 Å². The van der Waals surface area contributed by atoms with E-state index in [-0.39, 0.29) is 34.8 Å². The van der Waals surface area contributed by atoms with Crippen molar-refractivity contribution in [2.24, 2.45) is 17.8 Å². The Morgan fingerprint density at radius 2 is 1.55 bits per heavy atom. The van der Waals surface area contributed by atoms with Crippen LogP contribution < -0.4 is 4.90 Å². The second-order valence-electron chi connectivity index (χ2n) is 8.20. The van der Waals surface area contributed by atoms with Crippen molar-refractivity contribution in [1.82, 2.24) is 0 Å². The second-order valence-corrected chi connectivity index (χ2v) is 8.20. The van der Waals surface area contributed by atoms with E-state index in [9.17, 15) is 23.6 Å². The van der Waals surface area contributed by atoms with Gasteiger partial charge in [-0.25, -0.2) is 9.18 Å². The molecule has 0 bridgehead atoms. The molecule has 160 valence electrons. The molecule has 1 saturated heterocycles. The molecule has 0 spiro atoms. The molecule has 1 heterocycles. The van der Waals surface area contributed by atoms with Crippen molar-refractivity contribution >= 4 is 29.3 Å². The lowest BCUT2D eigenvalue weighted by Gasteiger charge is -2.25. The molecule has 1 saturated carbocycles. The molecule has 1 aliphatic carbocycles. The second kappa shape index (κ2) is 8.41. The van der Waals surface area contributed by atoms with Gasteiger partial charge >= 0.3 is 5.97 Å². The van der Waals surface area contributed by atoms with Gasteiger partial charge in [0.05, 0.1) is 23.1 Å². The van der Waals surface area contributed by atoms with Crippen molar-refractivity contribution in [2.45, 2.75) is 26.2 Å². The fourth-order valence-electron chi connectivity index (χ4n) is 4.32. The number of esters is 1. The third-order valence-corrected chi connectivity index (χ3v) is 6.05. The molecule has 2 amide bonds. The first kappa shape index (κ1) is 20.9.